The molecule has 0 unspecified atom stereocenters. The van der Waals surface area contributed by atoms with Crippen LogP contribution in [0.2, 0.25) is 0 Å². The molecule has 3 aromatic rings. The zero-order valence-electron chi connectivity index (χ0n) is 22.0. The second-order valence-corrected chi connectivity index (χ2v) is 9.84. The van der Waals surface area contributed by atoms with Crippen LogP contribution in [0, 0.1) is 0 Å². The Morgan fingerprint density at radius 3 is 2.49 bits per heavy atom. The number of benzene rings is 3. The Bertz CT molecular complexity index is 1290. The number of phenolic OH excluding ortho intramolecular Hbond substituents is 1. The van der Waals surface area contributed by atoms with E-state index < -0.39 is 18.1 Å². The van der Waals surface area contributed by atoms with Gasteiger partial charge >= 0.3 is 0 Å². The van der Waals surface area contributed by atoms with Gasteiger partial charge in [0.25, 0.3) is 5.91 Å². The van der Waals surface area contributed by atoms with Crippen LogP contribution in [0.1, 0.15) is 50.6 Å². The number of fused-ring (bicyclic) bond motifs is 1. The van der Waals surface area contributed by atoms with Gasteiger partial charge in [0.15, 0.2) is 11.5 Å². The van der Waals surface area contributed by atoms with Crippen molar-refractivity contribution < 1.29 is 28.9 Å². The average Bonchev–Trinajstić information content (AvgIpc) is 2.96. The summed E-state index contributed by atoms with van der Waals surface area (Å²) in [7, 11) is 0. The topological polar surface area (TPSA) is 97.3 Å². The van der Waals surface area contributed by atoms with Gasteiger partial charge < -0.3 is 24.6 Å². The lowest BCUT2D eigenvalue weighted by atomic mass is 9.94. The van der Waals surface area contributed by atoms with E-state index in [1.807, 2.05) is 25.1 Å². The third kappa shape index (κ3) is 6.11. The van der Waals surface area contributed by atoms with Crippen molar-refractivity contribution in [3.63, 3.8) is 0 Å². The predicted molar refractivity (Wildman–Crippen MR) is 147 cm³/mol. The van der Waals surface area contributed by atoms with Crippen LogP contribution in [0.5, 0.6) is 23.0 Å². The molecule has 2 atom stereocenters. The number of nitrogens with zero attached hydrogens (tertiary/aromatic N) is 1. The van der Waals surface area contributed by atoms with Gasteiger partial charge in [0, 0.05) is 17.8 Å². The molecular formula is C31H34N2O6. The first-order chi connectivity index (χ1) is 19.0. The van der Waals surface area contributed by atoms with E-state index >= 15 is 0 Å². The van der Waals surface area contributed by atoms with Gasteiger partial charge in [-0.15, -0.1) is 0 Å². The van der Waals surface area contributed by atoms with E-state index in [0.29, 0.717) is 35.1 Å². The van der Waals surface area contributed by atoms with Gasteiger partial charge in [0.05, 0.1) is 6.61 Å². The molecule has 1 heterocycles. The van der Waals surface area contributed by atoms with E-state index in [4.69, 9.17) is 14.2 Å². The molecular weight excluding hydrogens is 496 g/mol. The number of hydrogen-bond acceptors (Lipinski definition) is 6. The summed E-state index contributed by atoms with van der Waals surface area (Å²) in [5.41, 5.74) is 1.05. The second-order valence-electron chi connectivity index (χ2n) is 9.84. The monoisotopic (exact) mass is 530 g/mol. The number of anilines is 1. The number of rotatable bonds is 8. The molecule has 2 aliphatic rings. The highest BCUT2D eigenvalue weighted by Crippen LogP contribution is 2.36. The third-order valence-corrected chi connectivity index (χ3v) is 7.10. The first-order valence-corrected chi connectivity index (χ1v) is 13.6. The summed E-state index contributed by atoms with van der Waals surface area (Å²) in [6, 6.07) is 19.7. The number of carbonyl (C=O) groups is 2. The molecule has 1 fully saturated rings. The van der Waals surface area contributed by atoms with Crippen molar-refractivity contribution in [1.82, 2.24) is 5.32 Å². The SMILES string of the molecule is CCOc1cccc(N(C(=O)[C@H]2COc3ccccc3O2)[C@H](C(=O)NC2CCCCC2)c2ccc(O)cc2)c1. The first kappa shape index (κ1) is 26.4. The molecule has 0 saturated heterocycles. The van der Waals surface area contributed by atoms with Gasteiger partial charge in [-0.2, -0.15) is 0 Å². The van der Waals surface area contributed by atoms with Crippen LogP contribution in [-0.2, 0) is 9.59 Å². The normalized spacial score (nSPS) is 17.6. The fourth-order valence-corrected chi connectivity index (χ4v) is 5.19. The Labute approximate surface area is 228 Å². The fraction of sp³-hybridized carbons (Fsp3) is 0.355. The molecule has 5 rings (SSSR count). The summed E-state index contributed by atoms with van der Waals surface area (Å²) >= 11 is 0. The maximum absolute atomic E-state index is 14.3. The molecule has 1 saturated carbocycles. The van der Waals surface area contributed by atoms with Crippen molar-refractivity contribution >= 4 is 17.5 Å². The van der Waals surface area contributed by atoms with Crippen molar-refractivity contribution in [3.05, 3.63) is 78.4 Å². The lowest BCUT2D eigenvalue weighted by Gasteiger charge is -2.36. The Morgan fingerprint density at radius 2 is 1.74 bits per heavy atom. The molecule has 1 aliphatic carbocycles. The minimum absolute atomic E-state index is 0.00401. The van der Waals surface area contributed by atoms with Crippen LogP contribution in [0.15, 0.2) is 72.8 Å². The van der Waals surface area contributed by atoms with Crippen LogP contribution < -0.4 is 24.4 Å². The van der Waals surface area contributed by atoms with E-state index in [0.717, 1.165) is 32.1 Å². The molecule has 2 amide bonds. The smallest absolute Gasteiger partial charge is 0.272 e. The van der Waals surface area contributed by atoms with Crippen molar-refractivity contribution in [1.29, 1.82) is 0 Å². The highest BCUT2D eigenvalue weighted by atomic mass is 16.6. The summed E-state index contributed by atoms with van der Waals surface area (Å²) in [6.45, 7) is 2.35. The minimum atomic E-state index is -1.02. The van der Waals surface area contributed by atoms with Gasteiger partial charge in [-0.05, 0) is 61.7 Å². The van der Waals surface area contributed by atoms with Crippen molar-refractivity contribution in [2.24, 2.45) is 0 Å². The minimum Gasteiger partial charge on any atom is -0.508 e. The first-order valence-electron chi connectivity index (χ1n) is 13.6. The van der Waals surface area contributed by atoms with Crippen LogP contribution in [0.25, 0.3) is 0 Å². The van der Waals surface area contributed by atoms with Crippen LogP contribution in [-0.4, -0.2) is 42.3 Å². The maximum Gasteiger partial charge on any atom is 0.272 e. The quantitative estimate of drug-likeness (QED) is 0.418. The van der Waals surface area contributed by atoms with Crippen LogP contribution in [0.3, 0.4) is 0 Å². The number of carbonyl (C=O) groups excluding carboxylic acids is 2. The van der Waals surface area contributed by atoms with Gasteiger partial charge in [0.2, 0.25) is 12.0 Å². The summed E-state index contributed by atoms with van der Waals surface area (Å²) in [5.74, 6) is 0.975. The summed E-state index contributed by atoms with van der Waals surface area (Å²) in [5, 5.41) is 13.2. The molecule has 0 bridgehead atoms. The van der Waals surface area contributed by atoms with Crippen molar-refractivity contribution in [2.45, 2.75) is 57.2 Å². The van der Waals surface area contributed by atoms with Gasteiger partial charge in [-0.25, -0.2) is 0 Å². The Balaban J connectivity index is 1.56. The number of hydrogen-bond donors (Lipinski definition) is 2. The molecule has 39 heavy (non-hydrogen) atoms. The van der Waals surface area contributed by atoms with Gasteiger partial charge in [0.1, 0.15) is 24.1 Å². The maximum atomic E-state index is 14.3. The standard InChI is InChI=1S/C31H34N2O6/c1-2-37-25-12-8-11-23(19-25)33(31(36)28-20-38-26-13-6-7-14-27(26)39-28)29(21-15-17-24(34)18-16-21)30(35)32-22-9-4-3-5-10-22/h6-8,11-19,22,28-29,34H,2-5,9-10,20H2,1H3,(H,32,35)/t28-,29+/m1/s1. The van der Waals surface area contributed by atoms with Gasteiger partial charge in [-0.3, -0.25) is 14.5 Å². The summed E-state index contributed by atoms with van der Waals surface area (Å²) in [6.07, 6.45) is 4.10. The molecule has 2 N–H and O–H groups in total. The zero-order chi connectivity index (χ0) is 27.2. The molecule has 204 valence electrons. The van der Waals surface area contributed by atoms with E-state index in [-0.39, 0.29) is 24.3 Å². The number of ether oxygens (including phenoxy) is 3. The predicted octanol–water partition coefficient (Wildman–Crippen LogP) is 5.15. The highest BCUT2D eigenvalue weighted by molar-refractivity contribution is 6.03. The lowest BCUT2D eigenvalue weighted by molar-refractivity contribution is -0.132. The van der Waals surface area contributed by atoms with Crippen LogP contribution in [0.4, 0.5) is 5.69 Å². The number of amides is 2. The molecule has 3 aromatic carbocycles. The molecule has 8 nitrogen and oxygen atoms in total. The van der Waals surface area contributed by atoms with Gasteiger partial charge in [-0.1, -0.05) is 49.6 Å². The summed E-state index contributed by atoms with van der Waals surface area (Å²) in [4.78, 5) is 29.8. The Kier molecular flexibility index (Phi) is 8.20. The number of nitrogens with one attached hydrogen (secondary N) is 1. The van der Waals surface area contributed by atoms with Crippen LogP contribution >= 0.6 is 0 Å². The second kappa shape index (κ2) is 12.1. The molecule has 0 aromatic heterocycles. The highest BCUT2D eigenvalue weighted by Gasteiger charge is 2.40. The van der Waals surface area contributed by atoms with Crippen molar-refractivity contribution in [2.75, 3.05) is 18.1 Å². The summed E-state index contributed by atoms with van der Waals surface area (Å²) < 4.78 is 17.7. The number of para-hydroxylation sites is 2. The molecule has 0 spiro atoms. The lowest BCUT2D eigenvalue weighted by Crippen LogP contribution is -2.52. The molecule has 1 aliphatic heterocycles. The van der Waals surface area contributed by atoms with E-state index in [1.165, 1.54) is 17.0 Å². The largest absolute Gasteiger partial charge is 0.508 e. The van der Waals surface area contributed by atoms with Crippen molar-refractivity contribution in [3.8, 4) is 23.0 Å². The molecule has 0 radical (unpaired) electrons. The van der Waals surface area contributed by atoms with E-state index in [9.17, 15) is 14.7 Å². The van der Waals surface area contributed by atoms with E-state index in [2.05, 4.69) is 5.32 Å². The Morgan fingerprint density at radius 1 is 1.00 bits per heavy atom. The Hall–Kier alpha value is -4.20. The van der Waals surface area contributed by atoms with E-state index in [1.54, 1.807) is 42.5 Å². The molecule has 8 heteroatoms. The fourth-order valence-electron chi connectivity index (χ4n) is 5.19. The average molecular weight is 531 g/mol. The number of aromatic hydroxyl groups is 1. The number of phenols is 1. The third-order valence-electron chi connectivity index (χ3n) is 7.10. The zero-order valence-corrected chi connectivity index (χ0v) is 22.0.